The van der Waals surface area contributed by atoms with Gasteiger partial charge in [0.25, 0.3) is 0 Å². The van der Waals surface area contributed by atoms with Crippen LogP contribution in [0.2, 0.25) is 0 Å². The van der Waals surface area contributed by atoms with Crippen LogP contribution >= 0.6 is 0 Å². The average molecular weight is 325 g/mol. The molecule has 6 nitrogen and oxygen atoms in total. The molecule has 0 bridgehead atoms. The lowest BCUT2D eigenvalue weighted by Gasteiger charge is -2.33. The van der Waals surface area contributed by atoms with Crippen LogP contribution in [0, 0.1) is 5.82 Å². The van der Waals surface area contributed by atoms with Crippen LogP contribution in [0.5, 0.6) is 5.75 Å². The topological polar surface area (TPSA) is 76.1 Å². The molecule has 7 heteroatoms. The van der Waals surface area contributed by atoms with Crippen molar-refractivity contribution >= 4 is 11.9 Å². The first kappa shape index (κ1) is 17.2. The van der Waals surface area contributed by atoms with Crippen LogP contribution in [0.3, 0.4) is 0 Å². The Morgan fingerprint density at radius 1 is 1.30 bits per heavy atom. The summed E-state index contributed by atoms with van der Waals surface area (Å²) < 4.78 is 23.9. The van der Waals surface area contributed by atoms with Crippen molar-refractivity contribution in [3.8, 4) is 5.75 Å². The summed E-state index contributed by atoms with van der Waals surface area (Å²) in [5, 5.41) is 9.00. The number of nitrogens with zero attached hydrogens (tertiary/aromatic N) is 1. The van der Waals surface area contributed by atoms with E-state index in [4.69, 9.17) is 14.6 Å². The Bertz CT molecular complexity index is 545. The number of rotatable bonds is 7. The highest BCUT2D eigenvalue weighted by Crippen LogP contribution is 2.17. The maximum absolute atomic E-state index is 13.4. The minimum absolute atomic E-state index is 0.000887. The standard InChI is InChI=1S/C16H20FNO5/c17-13-3-1-2-4-14(13)23-10-7-15(19)18(11-16(20)21)12-5-8-22-9-6-12/h1-4,12H,5-11H2,(H,20,21). The molecule has 23 heavy (non-hydrogen) atoms. The normalized spacial score (nSPS) is 15.2. The molecule has 1 aliphatic heterocycles. The Labute approximate surface area is 133 Å². The quantitative estimate of drug-likeness (QED) is 0.825. The van der Waals surface area contributed by atoms with Crippen LogP contribution < -0.4 is 4.74 Å². The van der Waals surface area contributed by atoms with Gasteiger partial charge in [0.15, 0.2) is 11.6 Å². The molecule has 0 aliphatic carbocycles. The number of hydrogen-bond donors (Lipinski definition) is 1. The minimum Gasteiger partial charge on any atom is -0.490 e. The lowest BCUT2D eigenvalue weighted by molar-refractivity contribution is -0.148. The molecule has 2 rings (SSSR count). The van der Waals surface area contributed by atoms with Crippen molar-refractivity contribution in [3.05, 3.63) is 30.1 Å². The number of ether oxygens (including phenoxy) is 2. The predicted molar refractivity (Wildman–Crippen MR) is 79.7 cm³/mol. The molecule has 0 spiro atoms. The molecule has 1 aromatic carbocycles. The van der Waals surface area contributed by atoms with Gasteiger partial charge in [0.1, 0.15) is 6.54 Å². The van der Waals surface area contributed by atoms with E-state index >= 15 is 0 Å². The van der Waals surface area contributed by atoms with E-state index in [1.807, 2.05) is 0 Å². The molecule has 0 aromatic heterocycles. The smallest absolute Gasteiger partial charge is 0.323 e. The van der Waals surface area contributed by atoms with Gasteiger partial charge in [-0.2, -0.15) is 0 Å². The highest BCUT2D eigenvalue weighted by molar-refractivity contribution is 5.81. The third-order valence-corrected chi connectivity index (χ3v) is 3.67. The number of carbonyl (C=O) groups is 2. The van der Waals surface area contributed by atoms with Gasteiger partial charge in [0.05, 0.1) is 13.0 Å². The first-order valence-electron chi connectivity index (χ1n) is 7.54. The van der Waals surface area contributed by atoms with Gasteiger partial charge < -0.3 is 19.5 Å². The summed E-state index contributed by atoms with van der Waals surface area (Å²) in [4.78, 5) is 24.6. The zero-order valence-electron chi connectivity index (χ0n) is 12.7. The highest BCUT2D eigenvalue weighted by Gasteiger charge is 2.27. The molecule has 126 valence electrons. The van der Waals surface area contributed by atoms with E-state index in [0.29, 0.717) is 26.1 Å². The Kier molecular flexibility index (Phi) is 6.34. The van der Waals surface area contributed by atoms with Gasteiger partial charge >= 0.3 is 5.97 Å². The Balaban J connectivity index is 1.89. The second-order valence-corrected chi connectivity index (χ2v) is 5.29. The average Bonchev–Trinajstić information content (AvgIpc) is 2.55. The van der Waals surface area contributed by atoms with Crippen LogP contribution in [0.4, 0.5) is 4.39 Å². The molecule has 0 atom stereocenters. The molecule has 1 heterocycles. The number of para-hydroxylation sites is 1. The molecule has 1 saturated heterocycles. The van der Waals surface area contributed by atoms with Gasteiger partial charge in [-0.1, -0.05) is 12.1 Å². The molecule has 0 saturated carbocycles. The van der Waals surface area contributed by atoms with Crippen LogP contribution in [-0.2, 0) is 14.3 Å². The summed E-state index contributed by atoms with van der Waals surface area (Å²) in [6.07, 6.45) is 1.24. The summed E-state index contributed by atoms with van der Waals surface area (Å²) in [5.74, 6) is -1.78. The summed E-state index contributed by atoms with van der Waals surface area (Å²) in [5.41, 5.74) is 0. The zero-order valence-corrected chi connectivity index (χ0v) is 12.7. The van der Waals surface area contributed by atoms with Crippen molar-refractivity contribution < 1.29 is 28.6 Å². The first-order valence-corrected chi connectivity index (χ1v) is 7.54. The number of carboxylic acid groups (broad SMARTS) is 1. The van der Waals surface area contributed by atoms with E-state index in [2.05, 4.69) is 0 Å². The van der Waals surface area contributed by atoms with Crippen LogP contribution in [0.1, 0.15) is 19.3 Å². The number of benzene rings is 1. The predicted octanol–water partition coefficient (Wildman–Crippen LogP) is 1.69. The zero-order chi connectivity index (χ0) is 16.7. The number of hydrogen-bond acceptors (Lipinski definition) is 4. The van der Waals surface area contributed by atoms with Crippen molar-refractivity contribution in [2.45, 2.75) is 25.3 Å². The molecule has 1 aliphatic rings. The van der Waals surface area contributed by atoms with Crippen molar-refractivity contribution in [1.82, 2.24) is 4.90 Å². The first-order chi connectivity index (χ1) is 11.1. The number of carbonyl (C=O) groups excluding carboxylic acids is 1. The van der Waals surface area contributed by atoms with Crippen molar-refractivity contribution in [3.63, 3.8) is 0 Å². The van der Waals surface area contributed by atoms with Gasteiger partial charge in [-0.25, -0.2) is 4.39 Å². The van der Waals surface area contributed by atoms with E-state index in [-0.39, 0.29) is 37.3 Å². The SMILES string of the molecule is O=C(O)CN(C(=O)CCOc1ccccc1F)C1CCOCC1. The third-order valence-electron chi connectivity index (χ3n) is 3.67. The van der Waals surface area contributed by atoms with Gasteiger partial charge in [0.2, 0.25) is 5.91 Å². The summed E-state index contributed by atoms with van der Waals surface area (Å²) in [6.45, 7) is 0.682. The van der Waals surface area contributed by atoms with Crippen molar-refractivity contribution in [2.24, 2.45) is 0 Å². The fraction of sp³-hybridized carbons (Fsp3) is 0.500. The lowest BCUT2D eigenvalue weighted by Crippen LogP contribution is -2.46. The largest absolute Gasteiger partial charge is 0.490 e. The van der Waals surface area contributed by atoms with E-state index in [9.17, 15) is 14.0 Å². The maximum Gasteiger partial charge on any atom is 0.323 e. The molecule has 0 unspecified atom stereocenters. The van der Waals surface area contributed by atoms with Crippen molar-refractivity contribution in [1.29, 1.82) is 0 Å². The summed E-state index contributed by atoms with van der Waals surface area (Å²) in [6, 6.07) is 5.80. The van der Waals surface area contributed by atoms with E-state index in [0.717, 1.165) is 0 Å². The fourth-order valence-electron chi connectivity index (χ4n) is 2.52. The molecule has 1 amide bonds. The fourth-order valence-corrected chi connectivity index (χ4v) is 2.52. The van der Waals surface area contributed by atoms with Crippen molar-refractivity contribution in [2.75, 3.05) is 26.4 Å². The molecular formula is C16H20FNO5. The molecule has 1 fully saturated rings. The molecule has 0 radical (unpaired) electrons. The van der Waals surface area contributed by atoms with E-state index in [1.165, 1.54) is 17.0 Å². The van der Waals surface area contributed by atoms with E-state index in [1.54, 1.807) is 12.1 Å². The monoisotopic (exact) mass is 325 g/mol. The number of amides is 1. The lowest BCUT2D eigenvalue weighted by atomic mass is 10.1. The second kappa shape index (κ2) is 8.47. The maximum atomic E-state index is 13.4. The number of halogens is 1. The highest BCUT2D eigenvalue weighted by atomic mass is 19.1. The van der Waals surface area contributed by atoms with Gasteiger partial charge in [0, 0.05) is 19.3 Å². The van der Waals surface area contributed by atoms with E-state index < -0.39 is 11.8 Å². The Hall–Kier alpha value is -2.15. The summed E-state index contributed by atoms with van der Waals surface area (Å²) in [7, 11) is 0. The van der Waals surface area contributed by atoms with Crippen LogP contribution in [0.25, 0.3) is 0 Å². The minimum atomic E-state index is -1.06. The summed E-state index contributed by atoms with van der Waals surface area (Å²) >= 11 is 0. The Morgan fingerprint density at radius 3 is 2.65 bits per heavy atom. The van der Waals surface area contributed by atoms with Crippen LogP contribution in [0.15, 0.2) is 24.3 Å². The third kappa shape index (κ3) is 5.21. The number of aliphatic carboxylic acids is 1. The molecule has 1 aromatic rings. The van der Waals surface area contributed by atoms with Gasteiger partial charge in [-0.3, -0.25) is 9.59 Å². The number of carboxylic acids is 1. The molecular weight excluding hydrogens is 305 g/mol. The van der Waals surface area contributed by atoms with Gasteiger partial charge in [-0.15, -0.1) is 0 Å². The van der Waals surface area contributed by atoms with Crippen LogP contribution in [-0.4, -0.2) is 54.3 Å². The Morgan fingerprint density at radius 2 is 2.00 bits per heavy atom. The van der Waals surface area contributed by atoms with Gasteiger partial charge in [-0.05, 0) is 25.0 Å². The second-order valence-electron chi connectivity index (χ2n) is 5.29. The molecule has 1 N–H and O–H groups in total.